The molecule has 0 N–H and O–H groups in total. The first-order chi connectivity index (χ1) is 11.8. The second kappa shape index (κ2) is 5.15. The standard InChI is InChI=1S/C20H19BFNO2/c1-20(2,3)19(24)21(22)23-13-12-14-8-4-5-9-15(14)18(23)16-10-6-7-11-17(16)25-21/h4-13H,1-3H3. The third-order valence-corrected chi connectivity index (χ3v) is 4.73. The molecule has 3 aromatic rings. The molecule has 0 aliphatic carbocycles. The summed E-state index contributed by atoms with van der Waals surface area (Å²) >= 11 is 0. The first-order valence-electron chi connectivity index (χ1n) is 8.42. The first kappa shape index (κ1) is 15.8. The highest BCUT2D eigenvalue weighted by Crippen LogP contribution is 2.39. The van der Waals surface area contributed by atoms with Gasteiger partial charge in [-0.2, -0.15) is 0 Å². The van der Waals surface area contributed by atoms with Gasteiger partial charge in [0.25, 0.3) is 0 Å². The predicted molar refractivity (Wildman–Crippen MR) is 96.9 cm³/mol. The summed E-state index contributed by atoms with van der Waals surface area (Å²) in [5.41, 5.74) is 0.0523. The third kappa shape index (κ3) is 2.26. The van der Waals surface area contributed by atoms with Gasteiger partial charge in [-0.25, -0.2) is 0 Å². The summed E-state index contributed by atoms with van der Waals surface area (Å²) < 4.78 is 23.2. The van der Waals surface area contributed by atoms with E-state index < -0.39 is 17.9 Å². The number of fused-ring (bicyclic) bond motifs is 5. The number of hydrogen-bond donors (Lipinski definition) is 0. The van der Waals surface area contributed by atoms with Gasteiger partial charge in [0.2, 0.25) is 0 Å². The van der Waals surface area contributed by atoms with Gasteiger partial charge in [-0.3, -0.25) is 0 Å². The van der Waals surface area contributed by atoms with Gasteiger partial charge in [-0.15, -0.1) is 0 Å². The summed E-state index contributed by atoms with van der Waals surface area (Å²) in [6.45, 7) is 1.74. The Morgan fingerprint density at radius 3 is 2.48 bits per heavy atom. The van der Waals surface area contributed by atoms with Gasteiger partial charge in [0, 0.05) is 11.5 Å². The van der Waals surface area contributed by atoms with E-state index in [1.807, 2.05) is 42.5 Å². The third-order valence-electron chi connectivity index (χ3n) is 4.73. The lowest BCUT2D eigenvalue weighted by Crippen LogP contribution is -2.75. The molecule has 1 atom stereocenters. The van der Waals surface area contributed by atoms with Gasteiger partial charge in [0.15, 0.2) is 5.69 Å². The molecule has 25 heavy (non-hydrogen) atoms. The molecule has 0 spiro atoms. The normalized spacial score (nSPS) is 19.0. The fourth-order valence-corrected chi connectivity index (χ4v) is 3.50. The Morgan fingerprint density at radius 1 is 1.04 bits per heavy atom. The van der Waals surface area contributed by atoms with Crippen molar-refractivity contribution in [2.24, 2.45) is 5.41 Å². The molecule has 4 rings (SSSR count). The number of aromatic nitrogens is 1. The fourth-order valence-electron chi connectivity index (χ4n) is 3.50. The van der Waals surface area contributed by atoms with Crippen molar-refractivity contribution in [2.75, 3.05) is 0 Å². The largest absolute Gasteiger partial charge is 0.700 e. The summed E-state index contributed by atoms with van der Waals surface area (Å²) in [7, 11) is 0. The van der Waals surface area contributed by atoms with Crippen molar-refractivity contribution >= 4 is 23.2 Å². The van der Waals surface area contributed by atoms with Crippen LogP contribution in [0.4, 0.5) is 4.32 Å². The smallest absolute Gasteiger partial charge is 0.624 e. The molecule has 1 unspecified atom stereocenters. The molecular weight excluding hydrogens is 316 g/mol. The number of nitrogens with zero attached hydrogens (tertiary/aromatic N) is 1. The zero-order chi connectivity index (χ0) is 17.8. The zero-order valence-electron chi connectivity index (χ0n) is 14.5. The van der Waals surface area contributed by atoms with Crippen molar-refractivity contribution in [1.82, 2.24) is 0 Å². The van der Waals surface area contributed by atoms with E-state index in [0.29, 0.717) is 11.4 Å². The van der Waals surface area contributed by atoms with Crippen LogP contribution >= 0.6 is 0 Å². The van der Waals surface area contributed by atoms with Gasteiger partial charge < -0.3 is 18.2 Å². The van der Waals surface area contributed by atoms with E-state index in [1.54, 1.807) is 39.1 Å². The average molecular weight is 335 g/mol. The molecule has 0 saturated heterocycles. The number of benzene rings is 2. The second-order valence-electron chi connectivity index (χ2n) is 7.54. The Labute approximate surface area is 146 Å². The topological polar surface area (TPSA) is 30.2 Å². The van der Waals surface area contributed by atoms with Crippen LogP contribution in [0.1, 0.15) is 20.8 Å². The van der Waals surface area contributed by atoms with Crippen LogP contribution in [-0.2, 0) is 4.79 Å². The molecule has 2 aromatic carbocycles. The maximum absolute atomic E-state index is 16.1. The lowest BCUT2D eigenvalue weighted by molar-refractivity contribution is -0.554. The number of carbonyl (C=O) groups excluding carboxylic acids is 1. The molecule has 1 aliphatic rings. The Bertz CT molecular complexity index is 1010. The van der Waals surface area contributed by atoms with E-state index in [9.17, 15) is 4.79 Å². The van der Waals surface area contributed by atoms with Crippen molar-refractivity contribution in [3.05, 3.63) is 60.8 Å². The highest BCUT2D eigenvalue weighted by Gasteiger charge is 2.58. The van der Waals surface area contributed by atoms with E-state index in [-0.39, 0.29) is 0 Å². The summed E-state index contributed by atoms with van der Waals surface area (Å²) in [5, 5.41) is 1.89. The molecule has 3 nitrogen and oxygen atoms in total. The van der Waals surface area contributed by atoms with Crippen molar-refractivity contribution in [3.63, 3.8) is 0 Å². The minimum absolute atomic E-state index is 0.402. The van der Waals surface area contributed by atoms with Gasteiger partial charge in [0.05, 0.1) is 11.3 Å². The molecule has 0 fully saturated rings. The Kier molecular flexibility index (Phi) is 3.26. The Morgan fingerprint density at radius 2 is 1.72 bits per heavy atom. The molecule has 126 valence electrons. The second-order valence-corrected chi connectivity index (χ2v) is 7.54. The fraction of sp³-hybridized carbons (Fsp3) is 0.200. The van der Waals surface area contributed by atoms with Crippen molar-refractivity contribution < 1.29 is 18.2 Å². The zero-order valence-corrected chi connectivity index (χ0v) is 14.5. The van der Waals surface area contributed by atoms with Crippen LogP contribution in [0.3, 0.4) is 0 Å². The predicted octanol–water partition coefficient (Wildman–Crippen LogP) is 4.10. The van der Waals surface area contributed by atoms with E-state index in [2.05, 4.69) is 0 Å². The monoisotopic (exact) mass is 335 g/mol. The Balaban J connectivity index is 2.10. The van der Waals surface area contributed by atoms with Crippen LogP contribution < -0.4 is 9.13 Å². The first-order valence-corrected chi connectivity index (χ1v) is 8.42. The molecule has 0 radical (unpaired) electrons. The summed E-state index contributed by atoms with van der Waals surface area (Å²) in [6, 6.07) is 16.9. The highest BCUT2D eigenvalue weighted by atomic mass is 19.1. The minimum atomic E-state index is -3.39. The van der Waals surface area contributed by atoms with Gasteiger partial charge in [-0.1, -0.05) is 51.1 Å². The molecule has 1 aromatic heterocycles. The van der Waals surface area contributed by atoms with Crippen LogP contribution in [-0.4, -0.2) is 12.4 Å². The molecule has 5 heteroatoms. The Hall–Kier alpha value is -2.69. The van der Waals surface area contributed by atoms with Crippen LogP contribution in [0.2, 0.25) is 0 Å². The van der Waals surface area contributed by atoms with Crippen LogP contribution in [0, 0.1) is 5.41 Å². The molecular formula is C20H19BFNO2. The number of carbonyl (C=O) groups is 1. The van der Waals surface area contributed by atoms with Crippen molar-refractivity contribution in [2.45, 2.75) is 20.8 Å². The molecule has 0 bridgehead atoms. The van der Waals surface area contributed by atoms with Gasteiger partial charge in [-0.05, 0) is 29.0 Å². The van der Waals surface area contributed by atoms with E-state index >= 15 is 4.32 Å². The van der Waals surface area contributed by atoms with Crippen molar-refractivity contribution in [1.29, 1.82) is 0 Å². The molecule has 1 aliphatic heterocycles. The number of hydrogen-bond acceptors (Lipinski definition) is 2. The van der Waals surface area contributed by atoms with E-state index in [4.69, 9.17) is 4.65 Å². The maximum Gasteiger partial charge on any atom is 0.700 e. The molecule has 2 heterocycles. The quantitative estimate of drug-likeness (QED) is 0.627. The average Bonchev–Trinajstić information content (AvgIpc) is 2.60. The van der Waals surface area contributed by atoms with Crippen LogP contribution in [0.25, 0.3) is 22.0 Å². The summed E-state index contributed by atoms with van der Waals surface area (Å²) in [5.74, 6) is 0.402. The van der Waals surface area contributed by atoms with Crippen molar-refractivity contribution in [3.8, 4) is 17.0 Å². The number of rotatable bonds is 1. The highest BCUT2D eigenvalue weighted by molar-refractivity contribution is 6.91. The number of para-hydroxylation sites is 1. The van der Waals surface area contributed by atoms with E-state index in [1.165, 1.54) is 4.48 Å². The van der Waals surface area contributed by atoms with Crippen LogP contribution in [0.5, 0.6) is 5.75 Å². The number of halogens is 1. The van der Waals surface area contributed by atoms with Crippen LogP contribution in [0.15, 0.2) is 60.8 Å². The summed E-state index contributed by atoms with van der Waals surface area (Å²) in [6.07, 6.45) is 1.62. The lowest BCUT2D eigenvalue weighted by Gasteiger charge is -2.37. The van der Waals surface area contributed by atoms with E-state index in [0.717, 1.165) is 16.3 Å². The lowest BCUT2D eigenvalue weighted by atomic mass is 9.58. The minimum Gasteiger partial charge on any atom is -0.624 e. The number of pyridine rings is 1. The van der Waals surface area contributed by atoms with Gasteiger partial charge >= 0.3 is 6.76 Å². The maximum atomic E-state index is 16.1. The SMILES string of the molecule is CC(C)(C)C(=O)[B-]1(F)Oc2ccccc2-c2c3ccccc3cc[n+]21. The van der Waals surface area contributed by atoms with Gasteiger partial charge in [0.1, 0.15) is 11.9 Å². The summed E-state index contributed by atoms with van der Waals surface area (Å²) in [4.78, 5) is 13.0. The molecule has 0 saturated carbocycles. The molecule has 0 amide bonds.